The van der Waals surface area contributed by atoms with Crippen molar-refractivity contribution in [2.75, 3.05) is 26.2 Å². The number of carbonyl (C=O) groups is 2. The Hall–Kier alpha value is -2.31. The highest BCUT2D eigenvalue weighted by Gasteiger charge is 2.26. The van der Waals surface area contributed by atoms with Crippen LogP contribution in [0.4, 0.5) is 0 Å². The average Bonchev–Trinajstić information content (AvgIpc) is 3.10. The van der Waals surface area contributed by atoms with Gasteiger partial charge in [-0.1, -0.05) is 17.7 Å². The summed E-state index contributed by atoms with van der Waals surface area (Å²) in [4.78, 5) is 28.3. The third-order valence-corrected chi connectivity index (χ3v) is 4.26. The van der Waals surface area contributed by atoms with Gasteiger partial charge >= 0.3 is 0 Å². The maximum Gasteiger partial charge on any atom is 0.257 e. The number of carbonyl (C=O) groups excluding carboxylic acids is 2. The number of rotatable bonds is 3. The largest absolute Gasteiger partial charge is 0.467 e. The molecule has 2 N–H and O–H groups in total. The molecular formula is C17H18ClN3O3. The van der Waals surface area contributed by atoms with Gasteiger partial charge in [-0.05, 0) is 24.3 Å². The van der Waals surface area contributed by atoms with Crippen LogP contribution >= 0.6 is 11.6 Å². The van der Waals surface area contributed by atoms with E-state index in [1.807, 2.05) is 0 Å². The number of nitrogens with two attached hydrogens (primary N) is 1. The van der Waals surface area contributed by atoms with Crippen LogP contribution in [0.25, 0.3) is 0 Å². The minimum Gasteiger partial charge on any atom is -0.467 e. The first kappa shape index (κ1) is 16.5. The van der Waals surface area contributed by atoms with Gasteiger partial charge in [-0.3, -0.25) is 9.59 Å². The van der Waals surface area contributed by atoms with Gasteiger partial charge in [-0.2, -0.15) is 0 Å². The molecule has 1 saturated heterocycles. The fraction of sp³-hybridized carbons (Fsp3) is 0.294. The van der Waals surface area contributed by atoms with Crippen LogP contribution in [0.15, 0.2) is 41.0 Å². The van der Waals surface area contributed by atoms with Crippen molar-refractivity contribution in [2.24, 2.45) is 5.73 Å². The van der Waals surface area contributed by atoms with Crippen molar-refractivity contribution in [1.82, 2.24) is 9.80 Å². The van der Waals surface area contributed by atoms with Crippen molar-refractivity contribution in [3.05, 3.63) is 58.5 Å². The molecule has 0 saturated carbocycles. The van der Waals surface area contributed by atoms with Gasteiger partial charge in [0.2, 0.25) is 0 Å². The van der Waals surface area contributed by atoms with Crippen LogP contribution in [0.3, 0.4) is 0 Å². The normalized spacial score (nSPS) is 14.8. The summed E-state index contributed by atoms with van der Waals surface area (Å²) >= 11 is 5.93. The Labute approximate surface area is 144 Å². The Morgan fingerprint density at radius 3 is 2.21 bits per heavy atom. The van der Waals surface area contributed by atoms with E-state index in [9.17, 15) is 9.59 Å². The van der Waals surface area contributed by atoms with Gasteiger partial charge in [0.1, 0.15) is 12.0 Å². The molecule has 0 unspecified atom stereocenters. The van der Waals surface area contributed by atoms with Crippen molar-refractivity contribution in [3.8, 4) is 0 Å². The summed E-state index contributed by atoms with van der Waals surface area (Å²) in [5.41, 5.74) is 6.54. The highest BCUT2D eigenvalue weighted by Crippen LogP contribution is 2.16. The smallest absolute Gasteiger partial charge is 0.257 e. The standard InChI is InChI=1S/C17H18ClN3O3/c18-14-3-1-2-12(8-14)16(22)20-4-6-21(7-5-20)17(23)13-9-15(10-19)24-11-13/h1-3,8-9,11H,4-7,10,19H2. The summed E-state index contributed by atoms with van der Waals surface area (Å²) in [6.45, 7) is 2.19. The fourth-order valence-corrected chi connectivity index (χ4v) is 2.89. The third kappa shape index (κ3) is 3.44. The first-order valence-electron chi connectivity index (χ1n) is 7.70. The zero-order valence-corrected chi connectivity index (χ0v) is 13.8. The van der Waals surface area contributed by atoms with E-state index in [1.54, 1.807) is 40.1 Å². The maximum absolute atomic E-state index is 12.5. The number of hydrogen-bond acceptors (Lipinski definition) is 4. The summed E-state index contributed by atoms with van der Waals surface area (Å²) < 4.78 is 5.20. The summed E-state index contributed by atoms with van der Waals surface area (Å²) in [6.07, 6.45) is 1.42. The molecule has 2 aromatic rings. The summed E-state index contributed by atoms with van der Waals surface area (Å²) in [7, 11) is 0. The molecule has 1 aromatic carbocycles. The minimum atomic E-state index is -0.103. The average molecular weight is 348 g/mol. The first-order chi connectivity index (χ1) is 11.6. The monoisotopic (exact) mass is 347 g/mol. The molecule has 24 heavy (non-hydrogen) atoms. The molecule has 3 rings (SSSR count). The third-order valence-electron chi connectivity index (χ3n) is 4.03. The van der Waals surface area contributed by atoms with E-state index >= 15 is 0 Å². The van der Waals surface area contributed by atoms with E-state index in [1.165, 1.54) is 6.26 Å². The van der Waals surface area contributed by atoms with Crippen LogP contribution < -0.4 is 5.73 Å². The number of halogens is 1. The molecule has 1 aliphatic rings. The van der Waals surface area contributed by atoms with Gasteiger partial charge in [-0.15, -0.1) is 0 Å². The Bertz CT molecular complexity index is 751. The predicted molar refractivity (Wildman–Crippen MR) is 89.9 cm³/mol. The molecule has 1 fully saturated rings. The molecule has 6 nitrogen and oxygen atoms in total. The van der Waals surface area contributed by atoms with Gasteiger partial charge in [0, 0.05) is 36.8 Å². The van der Waals surface area contributed by atoms with E-state index in [0.717, 1.165) is 0 Å². The molecule has 1 aromatic heterocycles. The van der Waals surface area contributed by atoms with Crippen LogP contribution in [0, 0.1) is 0 Å². The number of furan rings is 1. The van der Waals surface area contributed by atoms with Crippen molar-refractivity contribution >= 4 is 23.4 Å². The lowest BCUT2D eigenvalue weighted by Crippen LogP contribution is -2.50. The SMILES string of the molecule is NCc1cc(C(=O)N2CCN(C(=O)c3cccc(Cl)c3)CC2)co1. The van der Waals surface area contributed by atoms with Crippen molar-refractivity contribution in [3.63, 3.8) is 0 Å². The van der Waals surface area contributed by atoms with Gasteiger partial charge in [0.15, 0.2) is 0 Å². The number of benzene rings is 1. The summed E-state index contributed by atoms with van der Waals surface area (Å²) in [5, 5.41) is 0.533. The fourth-order valence-electron chi connectivity index (χ4n) is 2.70. The molecular weight excluding hydrogens is 330 g/mol. The molecule has 0 spiro atoms. The summed E-state index contributed by atoms with van der Waals surface area (Å²) in [5.74, 6) is 0.403. The van der Waals surface area contributed by atoms with Crippen LogP contribution in [0.5, 0.6) is 0 Å². The lowest BCUT2D eigenvalue weighted by atomic mass is 10.1. The predicted octanol–water partition coefficient (Wildman–Crippen LogP) is 1.99. The van der Waals surface area contributed by atoms with E-state index in [2.05, 4.69) is 0 Å². The van der Waals surface area contributed by atoms with E-state index in [-0.39, 0.29) is 18.4 Å². The Morgan fingerprint density at radius 1 is 1.04 bits per heavy atom. The molecule has 1 aliphatic heterocycles. The van der Waals surface area contributed by atoms with Crippen LogP contribution in [-0.4, -0.2) is 47.8 Å². The minimum absolute atomic E-state index is 0.0710. The zero-order chi connectivity index (χ0) is 17.1. The second kappa shape index (κ2) is 7.07. The highest BCUT2D eigenvalue weighted by molar-refractivity contribution is 6.30. The number of piperazine rings is 1. The summed E-state index contributed by atoms with van der Waals surface area (Å²) in [6, 6.07) is 8.54. The number of amides is 2. The Balaban J connectivity index is 1.61. The molecule has 7 heteroatoms. The number of nitrogens with zero attached hydrogens (tertiary/aromatic N) is 2. The van der Waals surface area contributed by atoms with Crippen LogP contribution in [-0.2, 0) is 6.54 Å². The van der Waals surface area contributed by atoms with E-state index in [0.29, 0.717) is 48.1 Å². The molecule has 0 aliphatic carbocycles. The molecule has 126 valence electrons. The Kier molecular flexibility index (Phi) is 4.87. The second-order valence-electron chi connectivity index (χ2n) is 5.60. The van der Waals surface area contributed by atoms with E-state index < -0.39 is 0 Å². The molecule has 2 amide bonds. The van der Waals surface area contributed by atoms with Crippen molar-refractivity contribution in [2.45, 2.75) is 6.54 Å². The topological polar surface area (TPSA) is 79.8 Å². The highest BCUT2D eigenvalue weighted by atomic mass is 35.5. The van der Waals surface area contributed by atoms with Crippen LogP contribution in [0.2, 0.25) is 5.02 Å². The molecule has 2 heterocycles. The van der Waals surface area contributed by atoms with Gasteiger partial charge < -0.3 is 20.0 Å². The van der Waals surface area contributed by atoms with Crippen molar-refractivity contribution in [1.29, 1.82) is 0 Å². The molecule has 0 bridgehead atoms. The number of hydrogen-bond donors (Lipinski definition) is 1. The zero-order valence-electron chi connectivity index (χ0n) is 13.1. The van der Waals surface area contributed by atoms with Crippen molar-refractivity contribution < 1.29 is 14.0 Å². The molecule has 0 radical (unpaired) electrons. The Morgan fingerprint density at radius 2 is 1.67 bits per heavy atom. The van der Waals surface area contributed by atoms with E-state index in [4.69, 9.17) is 21.8 Å². The lowest BCUT2D eigenvalue weighted by molar-refractivity contribution is 0.0535. The maximum atomic E-state index is 12.5. The van der Waals surface area contributed by atoms with Gasteiger partial charge in [0.25, 0.3) is 11.8 Å². The lowest BCUT2D eigenvalue weighted by Gasteiger charge is -2.34. The second-order valence-corrected chi connectivity index (χ2v) is 6.04. The quantitative estimate of drug-likeness (QED) is 0.920. The van der Waals surface area contributed by atoms with Crippen LogP contribution in [0.1, 0.15) is 26.5 Å². The molecule has 0 atom stereocenters. The van der Waals surface area contributed by atoms with Gasteiger partial charge in [-0.25, -0.2) is 0 Å². The first-order valence-corrected chi connectivity index (χ1v) is 8.08. The van der Waals surface area contributed by atoms with Gasteiger partial charge in [0.05, 0.1) is 12.1 Å².